The first kappa shape index (κ1) is 16.4. The van der Waals surface area contributed by atoms with Crippen molar-refractivity contribution >= 4 is 5.91 Å². The Labute approximate surface area is 104 Å². The van der Waals surface area contributed by atoms with Crippen LogP contribution < -0.4 is 0 Å². The SMILES string of the molecule is COCCOCCOCCN(C)C(=O)C(C)C. The van der Waals surface area contributed by atoms with Gasteiger partial charge in [-0.15, -0.1) is 0 Å². The summed E-state index contributed by atoms with van der Waals surface area (Å²) >= 11 is 0. The Kier molecular flexibility index (Phi) is 10.1. The van der Waals surface area contributed by atoms with Crippen LogP contribution in [0.15, 0.2) is 0 Å². The first-order valence-corrected chi connectivity index (χ1v) is 5.99. The second kappa shape index (κ2) is 10.5. The van der Waals surface area contributed by atoms with Gasteiger partial charge in [-0.25, -0.2) is 0 Å². The van der Waals surface area contributed by atoms with Gasteiger partial charge in [0.1, 0.15) is 0 Å². The number of carbonyl (C=O) groups is 1. The number of hydrogen-bond donors (Lipinski definition) is 0. The fourth-order valence-electron chi connectivity index (χ4n) is 1.22. The zero-order chi connectivity index (χ0) is 13.1. The van der Waals surface area contributed by atoms with Crippen molar-refractivity contribution in [3.8, 4) is 0 Å². The van der Waals surface area contributed by atoms with E-state index in [2.05, 4.69) is 0 Å². The van der Waals surface area contributed by atoms with E-state index >= 15 is 0 Å². The number of amides is 1. The van der Waals surface area contributed by atoms with Crippen molar-refractivity contribution in [3.05, 3.63) is 0 Å². The van der Waals surface area contributed by atoms with Crippen LogP contribution in [0.2, 0.25) is 0 Å². The molecular formula is C12H25NO4. The zero-order valence-corrected chi connectivity index (χ0v) is 11.4. The molecule has 0 saturated carbocycles. The third-order valence-electron chi connectivity index (χ3n) is 2.24. The van der Waals surface area contributed by atoms with Crippen LogP contribution in [0.25, 0.3) is 0 Å². The summed E-state index contributed by atoms with van der Waals surface area (Å²) in [5.74, 6) is 0.183. The van der Waals surface area contributed by atoms with E-state index in [-0.39, 0.29) is 11.8 Å². The molecule has 0 rings (SSSR count). The summed E-state index contributed by atoms with van der Waals surface area (Å²) in [6.45, 7) is 7.25. The summed E-state index contributed by atoms with van der Waals surface area (Å²) in [6, 6.07) is 0. The van der Waals surface area contributed by atoms with Gasteiger partial charge < -0.3 is 19.1 Å². The highest BCUT2D eigenvalue weighted by molar-refractivity contribution is 5.77. The molecule has 0 aliphatic heterocycles. The predicted molar refractivity (Wildman–Crippen MR) is 66.0 cm³/mol. The Bertz CT molecular complexity index is 197. The lowest BCUT2D eigenvalue weighted by molar-refractivity contribution is -0.133. The Balaban J connectivity index is 3.30. The molecule has 5 heteroatoms. The van der Waals surface area contributed by atoms with E-state index in [1.54, 1.807) is 19.1 Å². The van der Waals surface area contributed by atoms with Crippen LogP contribution in [0.4, 0.5) is 0 Å². The fraction of sp³-hybridized carbons (Fsp3) is 0.917. The molecule has 0 aromatic rings. The number of methoxy groups -OCH3 is 1. The molecule has 0 heterocycles. The molecule has 0 bridgehead atoms. The van der Waals surface area contributed by atoms with Crippen LogP contribution in [0.3, 0.4) is 0 Å². The number of nitrogens with zero attached hydrogens (tertiary/aromatic N) is 1. The maximum absolute atomic E-state index is 11.5. The van der Waals surface area contributed by atoms with Crippen LogP contribution in [0.5, 0.6) is 0 Å². The predicted octanol–water partition coefficient (Wildman–Crippen LogP) is 0.780. The minimum absolute atomic E-state index is 0.0392. The lowest BCUT2D eigenvalue weighted by Crippen LogP contribution is -2.33. The molecule has 0 unspecified atom stereocenters. The second-order valence-electron chi connectivity index (χ2n) is 4.13. The van der Waals surface area contributed by atoms with Crippen LogP contribution in [0.1, 0.15) is 13.8 Å². The van der Waals surface area contributed by atoms with E-state index in [0.717, 1.165) is 0 Å². The molecule has 0 aliphatic carbocycles. The topological polar surface area (TPSA) is 48.0 Å². The van der Waals surface area contributed by atoms with Crippen LogP contribution >= 0.6 is 0 Å². The van der Waals surface area contributed by atoms with Crippen molar-refractivity contribution in [2.75, 3.05) is 53.7 Å². The smallest absolute Gasteiger partial charge is 0.224 e. The lowest BCUT2D eigenvalue weighted by atomic mass is 10.2. The third kappa shape index (κ3) is 9.09. The molecule has 0 aromatic carbocycles. The van der Waals surface area contributed by atoms with Gasteiger partial charge in [0.25, 0.3) is 0 Å². The quantitative estimate of drug-likeness (QED) is 0.535. The molecule has 0 radical (unpaired) electrons. The van der Waals surface area contributed by atoms with Gasteiger partial charge in [0.2, 0.25) is 5.91 Å². The van der Waals surface area contributed by atoms with Gasteiger partial charge in [-0.1, -0.05) is 13.8 Å². The Morgan fingerprint density at radius 3 is 2.12 bits per heavy atom. The van der Waals surface area contributed by atoms with Crippen LogP contribution in [0, 0.1) is 5.92 Å². The molecule has 0 aromatic heterocycles. The zero-order valence-electron chi connectivity index (χ0n) is 11.4. The van der Waals surface area contributed by atoms with Crippen molar-refractivity contribution in [2.24, 2.45) is 5.92 Å². The number of hydrogen-bond acceptors (Lipinski definition) is 4. The van der Waals surface area contributed by atoms with Gasteiger partial charge in [0, 0.05) is 26.6 Å². The van der Waals surface area contributed by atoms with Gasteiger partial charge in [0.05, 0.1) is 33.0 Å². The molecule has 0 atom stereocenters. The average molecular weight is 247 g/mol. The number of rotatable bonds is 10. The monoisotopic (exact) mass is 247 g/mol. The van der Waals surface area contributed by atoms with E-state index in [1.807, 2.05) is 13.8 Å². The van der Waals surface area contributed by atoms with Crippen molar-refractivity contribution in [2.45, 2.75) is 13.8 Å². The minimum atomic E-state index is 0.0392. The lowest BCUT2D eigenvalue weighted by Gasteiger charge is -2.19. The molecule has 0 N–H and O–H groups in total. The molecule has 0 spiro atoms. The molecule has 5 nitrogen and oxygen atoms in total. The number of ether oxygens (including phenoxy) is 3. The molecule has 0 aliphatic rings. The van der Waals surface area contributed by atoms with Crippen molar-refractivity contribution < 1.29 is 19.0 Å². The van der Waals surface area contributed by atoms with Crippen molar-refractivity contribution in [1.29, 1.82) is 0 Å². The van der Waals surface area contributed by atoms with Crippen LogP contribution in [-0.4, -0.2) is 64.5 Å². The summed E-state index contributed by atoms with van der Waals surface area (Å²) in [5.41, 5.74) is 0. The summed E-state index contributed by atoms with van der Waals surface area (Å²) < 4.78 is 15.4. The summed E-state index contributed by atoms with van der Waals surface area (Å²) in [6.07, 6.45) is 0. The summed E-state index contributed by atoms with van der Waals surface area (Å²) in [7, 11) is 3.43. The Morgan fingerprint density at radius 1 is 1.06 bits per heavy atom. The van der Waals surface area contributed by atoms with Gasteiger partial charge in [-0.2, -0.15) is 0 Å². The fourth-order valence-corrected chi connectivity index (χ4v) is 1.22. The highest BCUT2D eigenvalue weighted by atomic mass is 16.5. The standard InChI is InChI=1S/C12H25NO4/c1-11(2)12(14)13(3)5-6-16-9-10-17-8-7-15-4/h11H,5-10H2,1-4H3. The van der Waals surface area contributed by atoms with E-state index < -0.39 is 0 Å². The minimum Gasteiger partial charge on any atom is -0.382 e. The maximum Gasteiger partial charge on any atom is 0.224 e. The number of carbonyl (C=O) groups excluding carboxylic acids is 1. The largest absolute Gasteiger partial charge is 0.382 e. The van der Waals surface area contributed by atoms with Crippen LogP contribution in [-0.2, 0) is 19.0 Å². The Hall–Kier alpha value is -0.650. The first-order chi connectivity index (χ1) is 8.09. The van der Waals surface area contributed by atoms with Gasteiger partial charge >= 0.3 is 0 Å². The normalized spacial score (nSPS) is 10.9. The molecule has 0 saturated heterocycles. The van der Waals surface area contributed by atoms with Crippen molar-refractivity contribution in [3.63, 3.8) is 0 Å². The second-order valence-corrected chi connectivity index (χ2v) is 4.13. The van der Waals surface area contributed by atoms with E-state index in [9.17, 15) is 4.79 Å². The summed E-state index contributed by atoms with van der Waals surface area (Å²) in [5, 5.41) is 0. The van der Waals surface area contributed by atoms with Gasteiger partial charge in [-0.05, 0) is 0 Å². The van der Waals surface area contributed by atoms with Gasteiger partial charge in [-0.3, -0.25) is 4.79 Å². The third-order valence-corrected chi connectivity index (χ3v) is 2.24. The van der Waals surface area contributed by atoms with Crippen molar-refractivity contribution in [1.82, 2.24) is 4.90 Å². The molecule has 102 valence electrons. The average Bonchev–Trinajstić information content (AvgIpc) is 2.31. The number of likely N-dealkylation sites (N-methyl/N-ethyl adjacent to an activating group) is 1. The first-order valence-electron chi connectivity index (χ1n) is 5.99. The highest BCUT2D eigenvalue weighted by Crippen LogP contribution is 1.98. The molecular weight excluding hydrogens is 222 g/mol. The summed E-state index contributed by atoms with van der Waals surface area (Å²) in [4.78, 5) is 13.2. The van der Waals surface area contributed by atoms with E-state index in [0.29, 0.717) is 39.6 Å². The van der Waals surface area contributed by atoms with E-state index in [1.165, 1.54) is 0 Å². The van der Waals surface area contributed by atoms with Gasteiger partial charge in [0.15, 0.2) is 0 Å². The molecule has 0 fully saturated rings. The maximum atomic E-state index is 11.5. The molecule has 1 amide bonds. The Morgan fingerprint density at radius 2 is 1.59 bits per heavy atom. The van der Waals surface area contributed by atoms with E-state index in [4.69, 9.17) is 14.2 Å². The molecule has 17 heavy (non-hydrogen) atoms. The highest BCUT2D eigenvalue weighted by Gasteiger charge is 2.11.